The molecular formula is C12H16BrFO. The van der Waals surface area contributed by atoms with Gasteiger partial charge in [0.1, 0.15) is 11.6 Å². The van der Waals surface area contributed by atoms with E-state index in [4.69, 9.17) is 4.74 Å². The highest BCUT2D eigenvalue weighted by Crippen LogP contribution is 2.15. The van der Waals surface area contributed by atoms with Crippen LogP contribution < -0.4 is 4.74 Å². The van der Waals surface area contributed by atoms with Crippen molar-refractivity contribution in [1.82, 2.24) is 0 Å². The molecule has 0 spiro atoms. The fraction of sp³-hybridized carbons (Fsp3) is 0.500. The third kappa shape index (κ3) is 4.65. The zero-order valence-corrected chi connectivity index (χ0v) is 10.5. The average molecular weight is 275 g/mol. The monoisotopic (exact) mass is 274 g/mol. The van der Waals surface area contributed by atoms with Gasteiger partial charge in [0.2, 0.25) is 0 Å². The maximum absolute atomic E-state index is 12.6. The molecule has 0 aliphatic carbocycles. The molecule has 84 valence electrons. The van der Waals surface area contributed by atoms with Gasteiger partial charge in [-0.15, -0.1) is 0 Å². The summed E-state index contributed by atoms with van der Waals surface area (Å²) >= 11 is 3.46. The first-order valence-electron chi connectivity index (χ1n) is 5.20. The van der Waals surface area contributed by atoms with Crippen molar-refractivity contribution in [2.75, 3.05) is 11.9 Å². The van der Waals surface area contributed by atoms with Gasteiger partial charge in [-0.2, -0.15) is 0 Å². The van der Waals surface area contributed by atoms with Crippen LogP contribution in [0, 0.1) is 11.7 Å². The fourth-order valence-corrected chi connectivity index (χ4v) is 1.87. The highest BCUT2D eigenvalue weighted by molar-refractivity contribution is 9.09. The molecule has 1 nitrogen and oxygen atoms in total. The van der Waals surface area contributed by atoms with Crippen LogP contribution in [0.1, 0.15) is 19.8 Å². The van der Waals surface area contributed by atoms with Crippen LogP contribution in [0.5, 0.6) is 5.75 Å². The molecule has 0 N–H and O–H groups in total. The van der Waals surface area contributed by atoms with Crippen molar-refractivity contribution in [3.05, 3.63) is 30.1 Å². The zero-order valence-electron chi connectivity index (χ0n) is 8.88. The first kappa shape index (κ1) is 12.5. The Bertz CT molecular complexity index is 273. The van der Waals surface area contributed by atoms with Crippen LogP contribution in [0.2, 0.25) is 0 Å². The Morgan fingerprint density at radius 3 is 2.53 bits per heavy atom. The van der Waals surface area contributed by atoms with Gasteiger partial charge in [0.25, 0.3) is 0 Å². The summed E-state index contributed by atoms with van der Waals surface area (Å²) in [6.07, 6.45) is 2.30. The molecule has 0 aliphatic heterocycles. The molecule has 1 unspecified atom stereocenters. The molecule has 0 saturated heterocycles. The molecule has 1 aromatic rings. The number of ether oxygens (including phenoxy) is 1. The van der Waals surface area contributed by atoms with E-state index in [1.165, 1.54) is 12.1 Å². The van der Waals surface area contributed by atoms with Crippen LogP contribution in [-0.4, -0.2) is 11.9 Å². The van der Waals surface area contributed by atoms with E-state index in [1.807, 2.05) is 0 Å². The van der Waals surface area contributed by atoms with E-state index >= 15 is 0 Å². The molecule has 1 aromatic carbocycles. The lowest BCUT2D eigenvalue weighted by Crippen LogP contribution is -2.13. The summed E-state index contributed by atoms with van der Waals surface area (Å²) in [4.78, 5) is 0. The minimum absolute atomic E-state index is 0.229. The van der Waals surface area contributed by atoms with Gasteiger partial charge in [-0.05, 0) is 30.7 Å². The Labute approximate surface area is 98.8 Å². The van der Waals surface area contributed by atoms with Crippen molar-refractivity contribution in [2.24, 2.45) is 5.92 Å². The summed E-state index contributed by atoms with van der Waals surface area (Å²) < 4.78 is 18.2. The maximum atomic E-state index is 12.6. The largest absolute Gasteiger partial charge is 0.493 e. The van der Waals surface area contributed by atoms with E-state index in [0.717, 1.165) is 23.9 Å². The molecule has 1 atom stereocenters. The topological polar surface area (TPSA) is 9.23 Å². The first-order valence-corrected chi connectivity index (χ1v) is 6.32. The van der Waals surface area contributed by atoms with E-state index in [0.29, 0.717) is 12.5 Å². The molecule has 0 fully saturated rings. The summed E-state index contributed by atoms with van der Waals surface area (Å²) in [5.74, 6) is 1.03. The Kier molecular flexibility index (Phi) is 5.69. The summed E-state index contributed by atoms with van der Waals surface area (Å²) in [7, 11) is 0. The standard InChI is InChI=1S/C12H16BrFO/c1-2-3-10(8-13)9-15-12-6-4-11(14)5-7-12/h4-7,10H,2-3,8-9H2,1H3. The van der Waals surface area contributed by atoms with Crippen LogP contribution in [0.4, 0.5) is 4.39 Å². The lowest BCUT2D eigenvalue weighted by atomic mass is 10.1. The average Bonchev–Trinajstić information content (AvgIpc) is 2.26. The van der Waals surface area contributed by atoms with E-state index in [9.17, 15) is 4.39 Å². The van der Waals surface area contributed by atoms with Crippen LogP contribution in [-0.2, 0) is 0 Å². The second-order valence-electron chi connectivity index (χ2n) is 3.57. The van der Waals surface area contributed by atoms with E-state index in [1.54, 1.807) is 12.1 Å². The number of hydrogen-bond acceptors (Lipinski definition) is 1. The SMILES string of the molecule is CCCC(CBr)COc1ccc(F)cc1. The molecule has 0 aromatic heterocycles. The Morgan fingerprint density at radius 1 is 1.33 bits per heavy atom. The van der Waals surface area contributed by atoms with Crippen molar-refractivity contribution < 1.29 is 9.13 Å². The quantitative estimate of drug-likeness (QED) is 0.712. The second kappa shape index (κ2) is 6.83. The Morgan fingerprint density at radius 2 is 2.00 bits per heavy atom. The predicted molar refractivity (Wildman–Crippen MR) is 64.1 cm³/mol. The Hall–Kier alpha value is -0.570. The Balaban J connectivity index is 2.38. The smallest absolute Gasteiger partial charge is 0.123 e. The minimum Gasteiger partial charge on any atom is -0.493 e. The normalized spacial score (nSPS) is 12.5. The van der Waals surface area contributed by atoms with Crippen LogP contribution in [0.3, 0.4) is 0 Å². The lowest BCUT2D eigenvalue weighted by molar-refractivity contribution is 0.255. The van der Waals surface area contributed by atoms with Gasteiger partial charge in [0, 0.05) is 11.2 Å². The molecule has 0 amide bonds. The summed E-state index contributed by atoms with van der Waals surface area (Å²) in [6, 6.07) is 6.15. The van der Waals surface area contributed by atoms with Gasteiger partial charge in [-0.1, -0.05) is 29.3 Å². The fourth-order valence-electron chi connectivity index (χ4n) is 1.36. The zero-order chi connectivity index (χ0) is 11.1. The van der Waals surface area contributed by atoms with Gasteiger partial charge in [-0.3, -0.25) is 0 Å². The second-order valence-corrected chi connectivity index (χ2v) is 4.22. The summed E-state index contributed by atoms with van der Waals surface area (Å²) in [5.41, 5.74) is 0. The summed E-state index contributed by atoms with van der Waals surface area (Å²) in [5, 5.41) is 0.946. The molecule has 0 aliphatic rings. The molecule has 3 heteroatoms. The highest BCUT2D eigenvalue weighted by atomic mass is 79.9. The molecule has 1 rings (SSSR count). The number of hydrogen-bond donors (Lipinski definition) is 0. The minimum atomic E-state index is -0.229. The van der Waals surface area contributed by atoms with Crippen molar-refractivity contribution >= 4 is 15.9 Å². The van der Waals surface area contributed by atoms with Gasteiger partial charge in [-0.25, -0.2) is 4.39 Å². The van der Waals surface area contributed by atoms with E-state index in [2.05, 4.69) is 22.9 Å². The van der Waals surface area contributed by atoms with Gasteiger partial charge < -0.3 is 4.74 Å². The molecule has 0 saturated carbocycles. The van der Waals surface area contributed by atoms with E-state index < -0.39 is 0 Å². The highest BCUT2D eigenvalue weighted by Gasteiger charge is 2.06. The van der Waals surface area contributed by atoms with Crippen molar-refractivity contribution in [2.45, 2.75) is 19.8 Å². The van der Waals surface area contributed by atoms with E-state index in [-0.39, 0.29) is 5.82 Å². The van der Waals surface area contributed by atoms with Gasteiger partial charge in [0.15, 0.2) is 0 Å². The molecule has 0 radical (unpaired) electrons. The van der Waals surface area contributed by atoms with Gasteiger partial charge >= 0.3 is 0 Å². The van der Waals surface area contributed by atoms with Crippen molar-refractivity contribution in [3.63, 3.8) is 0 Å². The molecular weight excluding hydrogens is 259 g/mol. The number of benzene rings is 1. The number of alkyl halides is 1. The third-order valence-corrected chi connectivity index (χ3v) is 3.13. The van der Waals surface area contributed by atoms with Gasteiger partial charge in [0.05, 0.1) is 6.61 Å². The first-order chi connectivity index (χ1) is 7.26. The summed E-state index contributed by atoms with van der Waals surface area (Å²) in [6.45, 7) is 2.85. The number of rotatable bonds is 6. The van der Waals surface area contributed by atoms with Crippen LogP contribution >= 0.6 is 15.9 Å². The maximum Gasteiger partial charge on any atom is 0.123 e. The van der Waals surface area contributed by atoms with Crippen LogP contribution in [0.15, 0.2) is 24.3 Å². The molecule has 0 heterocycles. The van der Waals surface area contributed by atoms with Crippen LogP contribution in [0.25, 0.3) is 0 Å². The molecule has 0 bridgehead atoms. The molecule has 15 heavy (non-hydrogen) atoms. The third-order valence-electron chi connectivity index (χ3n) is 2.21. The lowest BCUT2D eigenvalue weighted by Gasteiger charge is -2.14. The van der Waals surface area contributed by atoms with Crippen molar-refractivity contribution in [1.29, 1.82) is 0 Å². The predicted octanol–water partition coefficient (Wildman–Crippen LogP) is 4.02. The number of halogens is 2. The van der Waals surface area contributed by atoms with Crippen molar-refractivity contribution in [3.8, 4) is 5.75 Å².